The predicted molar refractivity (Wildman–Crippen MR) is 131 cm³/mol. The SMILES string of the molecule is COCC(C)(NC(=O)OCC1c2ccccc2-c2ccccc21)C(=O)N(CCN(C)C)CC(=O)O. The van der Waals surface area contributed by atoms with E-state index in [-0.39, 0.29) is 25.7 Å². The number of rotatable bonds is 11. The Labute approximate surface area is 205 Å². The summed E-state index contributed by atoms with van der Waals surface area (Å²) < 4.78 is 10.8. The van der Waals surface area contributed by atoms with Gasteiger partial charge in [0.1, 0.15) is 18.7 Å². The molecule has 3 rings (SSSR count). The number of carboxylic acid groups (broad SMARTS) is 1. The molecule has 0 aromatic heterocycles. The van der Waals surface area contributed by atoms with Crippen LogP contribution in [0, 0.1) is 0 Å². The Morgan fingerprint density at radius 3 is 2.09 bits per heavy atom. The molecule has 0 saturated heterocycles. The van der Waals surface area contributed by atoms with Gasteiger partial charge < -0.3 is 29.7 Å². The van der Waals surface area contributed by atoms with Crippen molar-refractivity contribution in [2.75, 3.05) is 54.1 Å². The van der Waals surface area contributed by atoms with Gasteiger partial charge in [-0.3, -0.25) is 9.59 Å². The highest BCUT2D eigenvalue weighted by Gasteiger charge is 2.40. The predicted octanol–water partition coefficient (Wildman–Crippen LogP) is 2.41. The van der Waals surface area contributed by atoms with Crippen molar-refractivity contribution in [3.63, 3.8) is 0 Å². The molecule has 35 heavy (non-hydrogen) atoms. The zero-order valence-electron chi connectivity index (χ0n) is 20.6. The van der Waals surface area contributed by atoms with Crippen molar-refractivity contribution in [2.45, 2.75) is 18.4 Å². The van der Waals surface area contributed by atoms with Gasteiger partial charge in [-0.1, -0.05) is 48.5 Å². The van der Waals surface area contributed by atoms with Crippen molar-refractivity contribution in [3.05, 3.63) is 59.7 Å². The van der Waals surface area contributed by atoms with Gasteiger partial charge in [0.2, 0.25) is 0 Å². The highest BCUT2D eigenvalue weighted by molar-refractivity contribution is 5.91. The molecular formula is C26H33N3O6. The highest BCUT2D eigenvalue weighted by atomic mass is 16.5. The topological polar surface area (TPSA) is 108 Å². The van der Waals surface area contributed by atoms with Crippen LogP contribution >= 0.6 is 0 Å². The Morgan fingerprint density at radius 1 is 1.00 bits per heavy atom. The molecule has 2 N–H and O–H groups in total. The molecule has 188 valence electrons. The molecule has 1 aliphatic carbocycles. The van der Waals surface area contributed by atoms with Gasteiger partial charge in [0, 0.05) is 26.1 Å². The van der Waals surface area contributed by atoms with Crippen LogP contribution in [0.3, 0.4) is 0 Å². The van der Waals surface area contributed by atoms with Crippen LogP contribution in [0.5, 0.6) is 0 Å². The average molecular weight is 484 g/mol. The molecule has 9 heteroatoms. The van der Waals surface area contributed by atoms with Gasteiger partial charge in [0.25, 0.3) is 5.91 Å². The number of likely N-dealkylation sites (N-methyl/N-ethyl adjacent to an activating group) is 1. The summed E-state index contributed by atoms with van der Waals surface area (Å²) in [4.78, 5) is 40.6. The van der Waals surface area contributed by atoms with Gasteiger partial charge in [-0.25, -0.2) is 4.79 Å². The third-order valence-corrected chi connectivity index (χ3v) is 6.06. The number of hydrogen-bond donors (Lipinski definition) is 2. The fourth-order valence-electron chi connectivity index (χ4n) is 4.39. The second-order valence-electron chi connectivity index (χ2n) is 9.14. The van der Waals surface area contributed by atoms with E-state index in [1.54, 1.807) is 0 Å². The van der Waals surface area contributed by atoms with Gasteiger partial charge in [-0.15, -0.1) is 0 Å². The molecular weight excluding hydrogens is 450 g/mol. The number of hydrogen-bond acceptors (Lipinski definition) is 6. The molecule has 0 aliphatic heterocycles. The van der Waals surface area contributed by atoms with E-state index in [1.807, 2.05) is 67.5 Å². The first-order valence-corrected chi connectivity index (χ1v) is 11.4. The van der Waals surface area contributed by atoms with Gasteiger partial charge in [0.05, 0.1) is 6.61 Å². The lowest BCUT2D eigenvalue weighted by molar-refractivity contribution is -0.148. The average Bonchev–Trinajstić information content (AvgIpc) is 3.13. The van der Waals surface area contributed by atoms with Crippen LogP contribution in [0.25, 0.3) is 11.1 Å². The van der Waals surface area contributed by atoms with Gasteiger partial charge in [-0.05, 0) is 43.3 Å². The number of aliphatic carboxylic acids is 1. The van der Waals surface area contributed by atoms with Gasteiger partial charge >= 0.3 is 12.1 Å². The highest BCUT2D eigenvalue weighted by Crippen LogP contribution is 2.44. The molecule has 9 nitrogen and oxygen atoms in total. The molecule has 0 heterocycles. The largest absolute Gasteiger partial charge is 0.480 e. The second kappa shape index (κ2) is 11.3. The van der Waals surface area contributed by atoms with Gasteiger partial charge in [-0.2, -0.15) is 0 Å². The minimum Gasteiger partial charge on any atom is -0.480 e. The number of nitrogens with one attached hydrogen (secondary N) is 1. The standard InChI is InChI=1S/C26H33N3O6/c1-26(17-34-4,24(32)29(15-23(30)31)14-13-28(2)3)27-25(33)35-16-22-20-11-7-5-9-18(20)19-10-6-8-12-21(19)22/h5-12,22H,13-17H2,1-4H3,(H,27,33)(H,30,31). The summed E-state index contributed by atoms with van der Waals surface area (Å²) in [6.07, 6.45) is -0.775. The maximum Gasteiger partial charge on any atom is 0.408 e. The van der Waals surface area contributed by atoms with Crippen molar-refractivity contribution in [1.82, 2.24) is 15.1 Å². The van der Waals surface area contributed by atoms with E-state index in [2.05, 4.69) is 5.32 Å². The lowest BCUT2D eigenvalue weighted by Gasteiger charge is -2.34. The number of ether oxygens (including phenoxy) is 2. The fraction of sp³-hybridized carbons (Fsp3) is 0.423. The first-order chi connectivity index (χ1) is 16.7. The molecule has 1 atom stereocenters. The third kappa shape index (κ3) is 6.17. The Morgan fingerprint density at radius 2 is 1.57 bits per heavy atom. The van der Waals surface area contributed by atoms with Crippen molar-refractivity contribution in [3.8, 4) is 11.1 Å². The Kier molecular flexibility index (Phi) is 8.48. The summed E-state index contributed by atoms with van der Waals surface area (Å²) in [6.45, 7) is 1.62. The monoisotopic (exact) mass is 483 g/mol. The zero-order valence-corrected chi connectivity index (χ0v) is 20.6. The number of carbonyl (C=O) groups is 3. The second-order valence-corrected chi connectivity index (χ2v) is 9.14. The minimum atomic E-state index is -1.50. The molecule has 2 aromatic rings. The fourth-order valence-corrected chi connectivity index (χ4v) is 4.39. The lowest BCUT2D eigenvalue weighted by Crippen LogP contribution is -2.61. The van der Waals surface area contributed by atoms with E-state index in [0.29, 0.717) is 6.54 Å². The summed E-state index contributed by atoms with van der Waals surface area (Å²) in [5.41, 5.74) is 2.88. The maximum atomic E-state index is 13.3. The lowest BCUT2D eigenvalue weighted by atomic mass is 9.98. The van der Waals surface area contributed by atoms with Crippen LogP contribution in [-0.2, 0) is 19.1 Å². The zero-order chi connectivity index (χ0) is 25.6. The van der Waals surface area contributed by atoms with E-state index in [1.165, 1.54) is 18.9 Å². The Bertz CT molecular complexity index is 1030. The molecule has 0 spiro atoms. The van der Waals surface area contributed by atoms with E-state index < -0.39 is 30.1 Å². The quantitative estimate of drug-likeness (QED) is 0.505. The molecule has 0 bridgehead atoms. The Balaban J connectivity index is 1.72. The summed E-state index contributed by atoms with van der Waals surface area (Å²) in [7, 11) is 5.06. The first kappa shape index (κ1) is 26.2. The van der Waals surface area contributed by atoms with Crippen molar-refractivity contribution in [2.24, 2.45) is 0 Å². The van der Waals surface area contributed by atoms with Crippen molar-refractivity contribution < 1.29 is 29.0 Å². The van der Waals surface area contributed by atoms with E-state index in [0.717, 1.165) is 22.3 Å². The number of methoxy groups -OCH3 is 1. The summed E-state index contributed by atoms with van der Waals surface area (Å²) in [5.74, 6) is -1.82. The van der Waals surface area contributed by atoms with Crippen molar-refractivity contribution >= 4 is 18.0 Å². The number of alkyl carbamates (subject to hydrolysis) is 1. The maximum absolute atomic E-state index is 13.3. The smallest absolute Gasteiger partial charge is 0.408 e. The molecule has 0 fully saturated rings. The van der Waals surface area contributed by atoms with E-state index in [9.17, 15) is 19.5 Å². The summed E-state index contributed by atoms with van der Waals surface area (Å²) in [5, 5.41) is 11.9. The number of carbonyl (C=O) groups excluding carboxylic acids is 2. The molecule has 1 unspecified atom stereocenters. The van der Waals surface area contributed by atoms with Crippen LogP contribution in [0.1, 0.15) is 24.0 Å². The van der Waals surface area contributed by atoms with Crippen LogP contribution in [0.4, 0.5) is 4.79 Å². The molecule has 1 aliphatic rings. The first-order valence-electron chi connectivity index (χ1n) is 11.4. The summed E-state index contributed by atoms with van der Waals surface area (Å²) >= 11 is 0. The minimum absolute atomic E-state index is 0.0938. The molecule has 0 saturated carbocycles. The van der Waals surface area contributed by atoms with Crippen LogP contribution in [0.15, 0.2) is 48.5 Å². The van der Waals surface area contributed by atoms with Crippen LogP contribution in [-0.4, -0.2) is 92.5 Å². The number of nitrogens with zero attached hydrogens (tertiary/aromatic N) is 2. The third-order valence-electron chi connectivity index (χ3n) is 6.06. The normalized spacial score (nSPS) is 14.1. The molecule has 2 amide bonds. The number of amides is 2. The van der Waals surface area contributed by atoms with E-state index >= 15 is 0 Å². The Hall–Kier alpha value is -3.43. The van der Waals surface area contributed by atoms with Crippen LogP contribution < -0.4 is 5.32 Å². The van der Waals surface area contributed by atoms with Crippen LogP contribution in [0.2, 0.25) is 0 Å². The number of benzene rings is 2. The molecule has 0 radical (unpaired) electrons. The van der Waals surface area contributed by atoms with Crippen molar-refractivity contribution in [1.29, 1.82) is 0 Å². The summed E-state index contributed by atoms with van der Waals surface area (Å²) in [6, 6.07) is 16.0. The van der Waals surface area contributed by atoms with Gasteiger partial charge in [0.15, 0.2) is 0 Å². The number of fused-ring (bicyclic) bond motifs is 3. The number of carboxylic acids is 1. The molecule has 2 aromatic carbocycles. The van der Waals surface area contributed by atoms with E-state index in [4.69, 9.17) is 9.47 Å².